The predicted molar refractivity (Wildman–Crippen MR) is 126 cm³/mol. The van der Waals surface area contributed by atoms with Crippen molar-refractivity contribution in [2.75, 3.05) is 18.4 Å². The van der Waals surface area contributed by atoms with Crippen LogP contribution in [0, 0.1) is 19.8 Å². The van der Waals surface area contributed by atoms with Crippen LogP contribution < -0.4 is 10.7 Å². The SMILES string of the molecule is Cc1ccc(NC(=O)C2CCN(C(=O)c3nn(-c4ccccc4C(F)(F)F)c(C)cc3=O)CC2)nc1. The molecule has 188 valence electrons. The van der Waals surface area contributed by atoms with Gasteiger partial charge < -0.3 is 10.2 Å². The van der Waals surface area contributed by atoms with Crippen molar-refractivity contribution in [1.82, 2.24) is 19.7 Å². The maximum atomic E-state index is 13.5. The van der Waals surface area contributed by atoms with Gasteiger partial charge >= 0.3 is 6.18 Å². The van der Waals surface area contributed by atoms with E-state index in [2.05, 4.69) is 15.4 Å². The van der Waals surface area contributed by atoms with Gasteiger partial charge in [0, 0.05) is 37.0 Å². The first-order valence-corrected chi connectivity index (χ1v) is 11.3. The van der Waals surface area contributed by atoms with Crippen LogP contribution in [-0.2, 0) is 11.0 Å². The van der Waals surface area contributed by atoms with Gasteiger partial charge in [0.1, 0.15) is 5.82 Å². The summed E-state index contributed by atoms with van der Waals surface area (Å²) in [6, 6.07) is 9.46. The summed E-state index contributed by atoms with van der Waals surface area (Å²) in [6.07, 6.45) is -2.28. The van der Waals surface area contributed by atoms with Crippen LogP contribution >= 0.6 is 0 Å². The molecule has 1 N–H and O–H groups in total. The molecule has 1 aliphatic rings. The van der Waals surface area contributed by atoms with Gasteiger partial charge in [-0.25, -0.2) is 9.67 Å². The van der Waals surface area contributed by atoms with Crippen LogP contribution in [0.3, 0.4) is 0 Å². The Morgan fingerprint density at radius 3 is 2.39 bits per heavy atom. The molecule has 0 aliphatic carbocycles. The number of hydrogen-bond acceptors (Lipinski definition) is 5. The van der Waals surface area contributed by atoms with Crippen molar-refractivity contribution in [2.24, 2.45) is 5.92 Å². The van der Waals surface area contributed by atoms with Crippen LogP contribution in [0.4, 0.5) is 19.0 Å². The molecule has 36 heavy (non-hydrogen) atoms. The minimum atomic E-state index is -4.64. The number of anilines is 1. The van der Waals surface area contributed by atoms with E-state index in [0.717, 1.165) is 22.4 Å². The van der Waals surface area contributed by atoms with Crippen LogP contribution in [0.25, 0.3) is 5.69 Å². The molecule has 0 saturated carbocycles. The maximum absolute atomic E-state index is 13.5. The number of hydrogen-bond donors (Lipinski definition) is 1. The number of benzene rings is 1. The predicted octanol–water partition coefficient (Wildman–Crippen LogP) is 3.75. The molecule has 2 aromatic heterocycles. The summed E-state index contributed by atoms with van der Waals surface area (Å²) in [4.78, 5) is 43.8. The number of carbonyl (C=O) groups is 2. The van der Waals surface area contributed by atoms with Gasteiger partial charge in [-0.05, 0) is 50.5 Å². The summed E-state index contributed by atoms with van der Waals surface area (Å²) in [5, 5.41) is 6.80. The number of halogens is 3. The summed E-state index contributed by atoms with van der Waals surface area (Å²) < 4.78 is 41.6. The molecular formula is C25H24F3N5O3. The molecular weight excluding hydrogens is 475 g/mol. The molecule has 1 aromatic carbocycles. The van der Waals surface area contributed by atoms with Crippen molar-refractivity contribution in [3.63, 3.8) is 0 Å². The van der Waals surface area contributed by atoms with Gasteiger partial charge in [-0.15, -0.1) is 0 Å². The molecule has 1 fully saturated rings. The van der Waals surface area contributed by atoms with Crippen molar-refractivity contribution in [2.45, 2.75) is 32.9 Å². The summed E-state index contributed by atoms with van der Waals surface area (Å²) in [5.74, 6) is -0.804. The Labute approximate surface area is 204 Å². The molecule has 0 unspecified atom stereocenters. The summed E-state index contributed by atoms with van der Waals surface area (Å²) >= 11 is 0. The number of para-hydroxylation sites is 1. The number of nitrogens with zero attached hydrogens (tertiary/aromatic N) is 4. The molecule has 0 radical (unpaired) electrons. The van der Waals surface area contributed by atoms with E-state index in [1.54, 1.807) is 12.3 Å². The second-order valence-electron chi connectivity index (χ2n) is 8.70. The highest BCUT2D eigenvalue weighted by molar-refractivity contribution is 5.93. The van der Waals surface area contributed by atoms with E-state index in [1.807, 2.05) is 13.0 Å². The number of likely N-dealkylation sites (tertiary alicyclic amines) is 1. The standard InChI is InChI=1S/C25H24F3N5O3/c1-15-7-8-21(29-14-15)30-23(35)17-9-11-32(12-10-17)24(36)22-20(34)13-16(2)33(31-22)19-6-4-3-5-18(19)25(26,27)28/h3-8,13-14,17H,9-12H2,1-2H3,(H,29,30,35). The number of alkyl halides is 3. The van der Waals surface area contributed by atoms with Gasteiger partial charge in [-0.3, -0.25) is 14.4 Å². The molecule has 8 nitrogen and oxygen atoms in total. The molecule has 3 aromatic rings. The van der Waals surface area contributed by atoms with Gasteiger partial charge in [0.25, 0.3) is 5.91 Å². The Bertz CT molecular complexity index is 1340. The second kappa shape index (κ2) is 9.92. The Morgan fingerprint density at radius 1 is 1.06 bits per heavy atom. The number of amides is 2. The molecule has 0 atom stereocenters. The Kier molecular flexibility index (Phi) is 6.91. The van der Waals surface area contributed by atoms with E-state index in [1.165, 1.54) is 30.0 Å². The lowest BCUT2D eigenvalue weighted by molar-refractivity contribution is -0.137. The number of rotatable bonds is 4. The number of aryl methyl sites for hydroxylation is 2. The van der Waals surface area contributed by atoms with Gasteiger partial charge in [0.05, 0.1) is 11.3 Å². The fourth-order valence-corrected chi connectivity index (χ4v) is 4.10. The lowest BCUT2D eigenvalue weighted by Crippen LogP contribution is -2.43. The van der Waals surface area contributed by atoms with E-state index >= 15 is 0 Å². The number of nitrogens with one attached hydrogen (secondary N) is 1. The quantitative estimate of drug-likeness (QED) is 0.590. The fraction of sp³-hybridized carbons (Fsp3) is 0.320. The number of piperidine rings is 1. The molecule has 0 spiro atoms. The van der Waals surface area contributed by atoms with E-state index in [0.29, 0.717) is 18.7 Å². The van der Waals surface area contributed by atoms with E-state index in [4.69, 9.17) is 0 Å². The first kappa shape index (κ1) is 25.1. The third-order valence-electron chi connectivity index (χ3n) is 6.06. The van der Waals surface area contributed by atoms with Crippen molar-refractivity contribution >= 4 is 17.6 Å². The lowest BCUT2D eigenvalue weighted by atomic mass is 9.95. The van der Waals surface area contributed by atoms with Crippen LogP contribution in [-0.4, -0.2) is 44.6 Å². The molecule has 11 heteroatoms. The Balaban J connectivity index is 1.51. The molecule has 3 heterocycles. The maximum Gasteiger partial charge on any atom is 0.418 e. The summed E-state index contributed by atoms with van der Waals surface area (Å²) in [5.41, 5.74) is -1.24. The van der Waals surface area contributed by atoms with Gasteiger partial charge in [-0.1, -0.05) is 18.2 Å². The number of aromatic nitrogens is 3. The zero-order valence-corrected chi connectivity index (χ0v) is 19.7. The third-order valence-corrected chi connectivity index (χ3v) is 6.06. The average Bonchev–Trinajstić information content (AvgIpc) is 2.85. The average molecular weight is 499 g/mol. The molecule has 4 rings (SSSR count). The van der Waals surface area contributed by atoms with Crippen LogP contribution in [0.2, 0.25) is 0 Å². The third kappa shape index (κ3) is 5.29. The van der Waals surface area contributed by atoms with Crippen molar-refractivity contribution in [3.05, 3.63) is 81.4 Å². The minimum absolute atomic E-state index is 0.161. The largest absolute Gasteiger partial charge is 0.418 e. The normalized spacial score (nSPS) is 14.5. The summed E-state index contributed by atoms with van der Waals surface area (Å²) in [6.45, 7) is 3.74. The molecule has 1 saturated heterocycles. The zero-order valence-electron chi connectivity index (χ0n) is 19.7. The fourth-order valence-electron chi connectivity index (χ4n) is 4.10. The van der Waals surface area contributed by atoms with Gasteiger partial charge in [0.15, 0.2) is 5.69 Å². The first-order valence-electron chi connectivity index (χ1n) is 11.3. The minimum Gasteiger partial charge on any atom is -0.337 e. The lowest BCUT2D eigenvalue weighted by Gasteiger charge is -2.31. The molecule has 2 amide bonds. The Hall–Kier alpha value is -4.02. The van der Waals surface area contributed by atoms with Crippen molar-refractivity contribution in [3.8, 4) is 5.69 Å². The highest BCUT2D eigenvalue weighted by atomic mass is 19.4. The Morgan fingerprint density at radius 2 is 1.75 bits per heavy atom. The molecule has 0 bridgehead atoms. The zero-order chi connectivity index (χ0) is 26.0. The smallest absolute Gasteiger partial charge is 0.337 e. The van der Waals surface area contributed by atoms with Crippen LogP contribution in [0.15, 0.2) is 53.5 Å². The van der Waals surface area contributed by atoms with Crippen LogP contribution in [0.1, 0.15) is 40.2 Å². The second-order valence-corrected chi connectivity index (χ2v) is 8.70. The van der Waals surface area contributed by atoms with Crippen LogP contribution in [0.5, 0.6) is 0 Å². The van der Waals surface area contributed by atoms with Crippen molar-refractivity contribution in [1.29, 1.82) is 0 Å². The molecule has 1 aliphatic heterocycles. The van der Waals surface area contributed by atoms with Gasteiger partial charge in [0.2, 0.25) is 11.3 Å². The highest BCUT2D eigenvalue weighted by Crippen LogP contribution is 2.33. The van der Waals surface area contributed by atoms with E-state index in [-0.39, 0.29) is 36.3 Å². The monoisotopic (exact) mass is 499 g/mol. The highest BCUT2D eigenvalue weighted by Gasteiger charge is 2.35. The summed E-state index contributed by atoms with van der Waals surface area (Å²) in [7, 11) is 0. The number of carbonyl (C=O) groups excluding carboxylic acids is 2. The topological polar surface area (TPSA) is 97.2 Å². The van der Waals surface area contributed by atoms with Crippen molar-refractivity contribution < 1.29 is 22.8 Å². The van der Waals surface area contributed by atoms with E-state index in [9.17, 15) is 27.6 Å². The van der Waals surface area contributed by atoms with Gasteiger partial charge in [-0.2, -0.15) is 18.3 Å². The number of pyridine rings is 1. The van der Waals surface area contributed by atoms with E-state index < -0.39 is 28.8 Å². The first-order chi connectivity index (χ1) is 17.0.